The van der Waals surface area contributed by atoms with E-state index in [4.69, 9.17) is 0 Å². The molecule has 2 aromatic rings. The van der Waals surface area contributed by atoms with Crippen LogP contribution in [0.2, 0.25) is 0 Å². The Kier molecular flexibility index (Phi) is 2.98. The second kappa shape index (κ2) is 4.65. The van der Waals surface area contributed by atoms with Crippen molar-refractivity contribution in [2.24, 2.45) is 5.92 Å². The number of aryl methyl sites for hydroxylation is 2. The molecule has 0 aliphatic heterocycles. The first-order chi connectivity index (χ1) is 9.18. The zero-order chi connectivity index (χ0) is 13.4. The van der Waals surface area contributed by atoms with Gasteiger partial charge >= 0.3 is 0 Å². The molecule has 2 atom stereocenters. The zero-order valence-electron chi connectivity index (χ0n) is 11.4. The van der Waals surface area contributed by atoms with Crippen LogP contribution in [0.1, 0.15) is 39.4 Å². The summed E-state index contributed by atoms with van der Waals surface area (Å²) in [7, 11) is 0. The Balaban J connectivity index is 1.84. The van der Waals surface area contributed by atoms with Crippen molar-refractivity contribution in [3.05, 3.63) is 70.8 Å². The molecule has 0 radical (unpaired) electrons. The van der Waals surface area contributed by atoms with Gasteiger partial charge in [0.1, 0.15) is 0 Å². The van der Waals surface area contributed by atoms with Gasteiger partial charge in [-0.3, -0.25) is 4.79 Å². The molecule has 0 saturated heterocycles. The van der Waals surface area contributed by atoms with Gasteiger partial charge in [0.25, 0.3) is 0 Å². The van der Waals surface area contributed by atoms with E-state index >= 15 is 0 Å². The molecule has 2 aromatic carbocycles. The predicted octanol–water partition coefficient (Wildman–Crippen LogP) is 4.29. The molecule has 0 amide bonds. The van der Waals surface area contributed by atoms with Crippen LogP contribution < -0.4 is 0 Å². The molecule has 1 nitrogen and oxygen atoms in total. The van der Waals surface area contributed by atoms with Crippen molar-refractivity contribution in [3.63, 3.8) is 0 Å². The third kappa shape index (κ3) is 2.21. The summed E-state index contributed by atoms with van der Waals surface area (Å²) < 4.78 is 0. The van der Waals surface area contributed by atoms with Gasteiger partial charge in [0.05, 0.1) is 0 Å². The van der Waals surface area contributed by atoms with Crippen LogP contribution in [0.4, 0.5) is 0 Å². The lowest BCUT2D eigenvalue weighted by atomic mass is 9.95. The molecule has 96 valence electrons. The average Bonchev–Trinajstić information content (AvgIpc) is 3.19. The number of hydrogen-bond donors (Lipinski definition) is 0. The molecule has 19 heavy (non-hydrogen) atoms. The monoisotopic (exact) mass is 250 g/mol. The molecule has 1 saturated carbocycles. The third-order valence-electron chi connectivity index (χ3n) is 4.08. The van der Waals surface area contributed by atoms with E-state index in [0.717, 1.165) is 23.1 Å². The van der Waals surface area contributed by atoms with Crippen LogP contribution in [-0.2, 0) is 0 Å². The van der Waals surface area contributed by atoms with E-state index in [1.165, 1.54) is 5.56 Å². The highest BCUT2D eigenvalue weighted by atomic mass is 16.1. The van der Waals surface area contributed by atoms with Crippen molar-refractivity contribution in [2.75, 3.05) is 0 Å². The molecular weight excluding hydrogens is 232 g/mol. The van der Waals surface area contributed by atoms with Gasteiger partial charge in [0.15, 0.2) is 5.78 Å². The largest absolute Gasteiger partial charge is 0.294 e. The van der Waals surface area contributed by atoms with Crippen molar-refractivity contribution in [3.8, 4) is 0 Å². The lowest BCUT2D eigenvalue weighted by Gasteiger charge is -2.08. The smallest absolute Gasteiger partial charge is 0.167 e. The van der Waals surface area contributed by atoms with Crippen molar-refractivity contribution >= 4 is 5.78 Å². The first-order valence-corrected chi connectivity index (χ1v) is 6.84. The van der Waals surface area contributed by atoms with Crippen molar-refractivity contribution in [1.82, 2.24) is 0 Å². The predicted molar refractivity (Wildman–Crippen MR) is 77.5 cm³/mol. The van der Waals surface area contributed by atoms with Gasteiger partial charge in [-0.05, 0) is 42.9 Å². The minimum absolute atomic E-state index is 0.183. The fourth-order valence-corrected chi connectivity index (χ4v) is 2.94. The molecule has 0 aromatic heterocycles. The number of hydrogen-bond acceptors (Lipinski definition) is 1. The van der Waals surface area contributed by atoms with E-state index in [2.05, 4.69) is 12.1 Å². The minimum atomic E-state index is 0.183. The van der Waals surface area contributed by atoms with Gasteiger partial charge in [-0.25, -0.2) is 0 Å². The summed E-state index contributed by atoms with van der Waals surface area (Å²) >= 11 is 0. The summed E-state index contributed by atoms with van der Waals surface area (Å²) in [5.41, 5.74) is 4.44. The molecule has 0 bridgehead atoms. The van der Waals surface area contributed by atoms with Crippen LogP contribution >= 0.6 is 0 Å². The van der Waals surface area contributed by atoms with Crippen molar-refractivity contribution < 1.29 is 4.79 Å². The van der Waals surface area contributed by atoms with Crippen LogP contribution in [-0.4, -0.2) is 5.78 Å². The topological polar surface area (TPSA) is 17.1 Å². The van der Waals surface area contributed by atoms with Gasteiger partial charge < -0.3 is 0 Å². The number of carbonyl (C=O) groups excluding carboxylic acids is 1. The maximum atomic E-state index is 12.6. The summed E-state index contributed by atoms with van der Waals surface area (Å²) in [4.78, 5) is 12.6. The van der Waals surface area contributed by atoms with E-state index in [0.29, 0.717) is 11.7 Å². The van der Waals surface area contributed by atoms with Gasteiger partial charge in [0, 0.05) is 11.5 Å². The quantitative estimate of drug-likeness (QED) is 0.743. The molecule has 3 rings (SSSR count). The molecule has 0 spiro atoms. The van der Waals surface area contributed by atoms with Crippen LogP contribution in [0.5, 0.6) is 0 Å². The molecule has 1 fully saturated rings. The highest BCUT2D eigenvalue weighted by Crippen LogP contribution is 2.49. The SMILES string of the molecule is Cc1cccc(C)c1C(=O)C1CC1c1ccccc1. The van der Waals surface area contributed by atoms with E-state index < -0.39 is 0 Å². The third-order valence-corrected chi connectivity index (χ3v) is 4.08. The van der Waals surface area contributed by atoms with E-state index in [9.17, 15) is 4.79 Å². The number of Topliss-reactive ketones (excluding diaryl/α,β-unsaturated/α-hetero) is 1. The number of carbonyl (C=O) groups is 1. The Morgan fingerprint density at radius 3 is 2.21 bits per heavy atom. The van der Waals surface area contributed by atoms with Crippen LogP contribution in [0.3, 0.4) is 0 Å². The van der Waals surface area contributed by atoms with E-state index in [1.54, 1.807) is 0 Å². The second-order valence-corrected chi connectivity index (χ2v) is 5.49. The summed E-state index contributed by atoms with van der Waals surface area (Å²) in [5, 5.41) is 0. The highest BCUT2D eigenvalue weighted by molar-refractivity contribution is 6.02. The van der Waals surface area contributed by atoms with Gasteiger partial charge in [-0.2, -0.15) is 0 Å². The zero-order valence-corrected chi connectivity index (χ0v) is 11.4. The molecule has 2 unspecified atom stereocenters. The first-order valence-electron chi connectivity index (χ1n) is 6.84. The number of ketones is 1. The highest BCUT2D eigenvalue weighted by Gasteiger charge is 2.44. The Morgan fingerprint density at radius 1 is 0.947 bits per heavy atom. The van der Waals surface area contributed by atoms with Crippen LogP contribution in [0.25, 0.3) is 0 Å². The maximum Gasteiger partial charge on any atom is 0.167 e. The number of benzene rings is 2. The van der Waals surface area contributed by atoms with E-state index in [-0.39, 0.29) is 5.92 Å². The second-order valence-electron chi connectivity index (χ2n) is 5.49. The fraction of sp³-hybridized carbons (Fsp3) is 0.278. The van der Waals surface area contributed by atoms with Gasteiger partial charge in [-0.15, -0.1) is 0 Å². The lowest BCUT2D eigenvalue weighted by molar-refractivity contribution is 0.0964. The van der Waals surface area contributed by atoms with Crippen molar-refractivity contribution in [1.29, 1.82) is 0 Å². The van der Waals surface area contributed by atoms with Crippen LogP contribution in [0, 0.1) is 19.8 Å². The molecule has 1 heteroatoms. The first kappa shape index (κ1) is 12.2. The molecule has 0 N–H and O–H groups in total. The van der Waals surface area contributed by atoms with Crippen molar-refractivity contribution in [2.45, 2.75) is 26.2 Å². The fourth-order valence-electron chi connectivity index (χ4n) is 2.94. The lowest BCUT2D eigenvalue weighted by Crippen LogP contribution is -2.07. The standard InChI is InChI=1S/C18H18O/c1-12-7-6-8-13(2)17(12)18(19)16-11-15(16)14-9-4-3-5-10-14/h3-10,15-16H,11H2,1-2H3. The Hall–Kier alpha value is -1.89. The summed E-state index contributed by atoms with van der Waals surface area (Å²) in [6, 6.07) is 16.4. The molecular formula is C18H18O. The Morgan fingerprint density at radius 2 is 1.58 bits per heavy atom. The summed E-state index contributed by atoms with van der Waals surface area (Å²) in [6.45, 7) is 4.06. The Labute approximate surface area is 114 Å². The molecule has 1 aliphatic rings. The minimum Gasteiger partial charge on any atom is -0.294 e. The number of rotatable bonds is 3. The maximum absolute atomic E-state index is 12.6. The molecule has 0 heterocycles. The van der Waals surface area contributed by atoms with Crippen LogP contribution in [0.15, 0.2) is 48.5 Å². The summed E-state index contributed by atoms with van der Waals surface area (Å²) in [5.74, 6) is 0.930. The normalized spacial score (nSPS) is 21.2. The molecule has 1 aliphatic carbocycles. The van der Waals surface area contributed by atoms with Gasteiger partial charge in [-0.1, -0.05) is 48.5 Å². The van der Waals surface area contributed by atoms with E-state index in [1.807, 2.05) is 50.2 Å². The average molecular weight is 250 g/mol. The van der Waals surface area contributed by atoms with Gasteiger partial charge in [0.2, 0.25) is 0 Å². The summed E-state index contributed by atoms with van der Waals surface area (Å²) in [6.07, 6.45) is 0.997. The Bertz CT molecular complexity index is 593.